The molecule has 1 aliphatic rings. The minimum absolute atomic E-state index is 0.105. The van der Waals surface area contributed by atoms with E-state index in [1.807, 2.05) is 36.4 Å². The van der Waals surface area contributed by atoms with Crippen molar-refractivity contribution in [1.29, 1.82) is 0 Å². The summed E-state index contributed by atoms with van der Waals surface area (Å²) in [6.45, 7) is -0.227. The highest BCUT2D eigenvalue weighted by Gasteiger charge is 2.36. The molecule has 3 unspecified atom stereocenters. The topological polar surface area (TPSA) is 170 Å². The summed E-state index contributed by atoms with van der Waals surface area (Å²) >= 11 is 0. The zero-order chi connectivity index (χ0) is 27.3. The van der Waals surface area contributed by atoms with Gasteiger partial charge in [-0.05, 0) is 37.0 Å². The van der Waals surface area contributed by atoms with Crippen LogP contribution in [-0.2, 0) is 25.5 Å². The molecule has 38 heavy (non-hydrogen) atoms. The molecule has 12 nitrogen and oxygen atoms in total. The van der Waals surface area contributed by atoms with Gasteiger partial charge in [0.25, 0.3) is 0 Å². The number of nitrogens with one attached hydrogen (secondary N) is 3. The molecule has 204 valence electrons. The van der Waals surface area contributed by atoms with Crippen molar-refractivity contribution in [3.05, 3.63) is 60.3 Å². The van der Waals surface area contributed by atoms with Crippen molar-refractivity contribution in [3.8, 4) is 0 Å². The van der Waals surface area contributed by atoms with Gasteiger partial charge in [-0.3, -0.25) is 9.59 Å². The van der Waals surface area contributed by atoms with Gasteiger partial charge in [0.05, 0.1) is 18.7 Å². The van der Waals surface area contributed by atoms with Crippen LogP contribution < -0.4 is 16.0 Å². The van der Waals surface area contributed by atoms with Crippen LogP contribution in [0, 0.1) is 0 Å². The van der Waals surface area contributed by atoms with E-state index in [0.717, 1.165) is 5.56 Å². The van der Waals surface area contributed by atoms with E-state index in [9.17, 15) is 29.4 Å². The lowest BCUT2D eigenvalue weighted by molar-refractivity contribution is -0.142. The van der Waals surface area contributed by atoms with E-state index in [-0.39, 0.29) is 32.2 Å². The number of aryl methyl sites for hydroxylation is 1. The lowest BCUT2D eigenvalue weighted by Crippen LogP contribution is -2.49. The van der Waals surface area contributed by atoms with Crippen LogP contribution in [0.25, 0.3) is 0 Å². The van der Waals surface area contributed by atoms with Crippen molar-refractivity contribution >= 4 is 29.7 Å². The van der Waals surface area contributed by atoms with Crippen LogP contribution in [0.3, 0.4) is 0 Å². The smallest absolute Gasteiger partial charge is 0.407 e. The van der Waals surface area contributed by atoms with Crippen molar-refractivity contribution in [2.75, 3.05) is 31.6 Å². The molecule has 3 amide bonds. The van der Waals surface area contributed by atoms with Crippen molar-refractivity contribution in [3.63, 3.8) is 0 Å². The number of anilines is 1. The minimum Gasteiger partial charge on any atom is -0.480 e. The van der Waals surface area contributed by atoms with Crippen LogP contribution in [0.5, 0.6) is 0 Å². The summed E-state index contributed by atoms with van der Waals surface area (Å²) in [4.78, 5) is 53.0. The summed E-state index contributed by atoms with van der Waals surface area (Å²) in [5.74, 6) is -1.62. The molecule has 0 radical (unpaired) electrons. The van der Waals surface area contributed by atoms with E-state index in [0.29, 0.717) is 31.6 Å². The molecule has 0 bridgehead atoms. The predicted octanol–water partition coefficient (Wildman–Crippen LogP) is 1.34. The molecule has 3 rings (SSSR count). The molecule has 1 fully saturated rings. The van der Waals surface area contributed by atoms with Crippen LogP contribution >= 0.6 is 0 Å². The maximum Gasteiger partial charge on any atom is 0.407 e. The second-order valence-electron chi connectivity index (χ2n) is 8.95. The predicted molar refractivity (Wildman–Crippen MR) is 138 cm³/mol. The fraction of sp³-hybridized carbons (Fsp3) is 0.423. The van der Waals surface area contributed by atoms with Gasteiger partial charge in [-0.15, -0.1) is 0 Å². The number of carboxylic acids is 1. The Bertz CT molecular complexity index is 1070. The molecule has 3 atom stereocenters. The van der Waals surface area contributed by atoms with E-state index in [1.54, 1.807) is 18.3 Å². The zero-order valence-electron chi connectivity index (χ0n) is 20.9. The van der Waals surface area contributed by atoms with Gasteiger partial charge in [0.15, 0.2) is 0 Å². The molecule has 1 aromatic heterocycles. The molecule has 1 aliphatic heterocycles. The molecule has 5 N–H and O–H groups in total. The Balaban J connectivity index is 1.37. The van der Waals surface area contributed by atoms with Crippen molar-refractivity contribution < 1.29 is 34.1 Å². The summed E-state index contributed by atoms with van der Waals surface area (Å²) < 4.78 is 5.60. The first-order chi connectivity index (χ1) is 18.3. The third-order valence-corrected chi connectivity index (χ3v) is 6.10. The molecule has 0 saturated carbocycles. The molecule has 2 aromatic rings. The van der Waals surface area contributed by atoms with Crippen molar-refractivity contribution in [2.24, 2.45) is 0 Å². The number of benzene rings is 1. The number of ether oxygens (including phenoxy) is 1. The van der Waals surface area contributed by atoms with Crippen LogP contribution in [-0.4, -0.2) is 88.4 Å². The van der Waals surface area contributed by atoms with Gasteiger partial charge in [0.2, 0.25) is 11.8 Å². The Kier molecular flexibility index (Phi) is 10.8. The van der Waals surface area contributed by atoms with Crippen molar-refractivity contribution in [1.82, 2.24) is 20.5 Å². The summed E-state index contributed by atoms with van der Waals surface area (Å²) in [5.41, 5.74) is 1.09. The number of nitrogens with zero attached hydrogens (tertiary/aromatic N) is 2. The Morgan fingerprint density at radius 2 is 1.82 bits per heavy atom. The third-order valence-electron chi connectivity index (χ3n) is 6.10. The molecule has 1 saturated heterocycles. The van der Waals surface area contributed by atoms with E-state index >= 15 is 0 Å². The average Bonchev–Trinajstić information content (AvgIpc) is 3.33. The average molecular weight is 528 g/mol. The van der Waals surface area contributed by atoms with Gasteiger partial charge < -0.3 is 35.8 Å². The normalized spacial score (nSPS) is 17.4. The first-order valence-electron chi connectivity index (χ1n) is 12.4. The summed E-state index contributed by atoms with van der Waals surface area (Å²) in [6, 6.07) is 13.4. The molecular formula is C26H33N5O7. The minimum atomic E-state index is -1.28. The molecule has 0 aliphatic carbocycles. The number of likely N-dealkylation sites (tertiary alicyclic amines) is 1. The molecule has 2 heterocycles. The van der Waals surface area contributed by atoms with Crippen LogP contribution in [0.15, 0.2) is 54.7 Å². The number of amides is 3. The first kappa shape index (κ1) is 28.4. The first-order valence-corrected chi connectivity index (χ1v) is 12.4. The number of hydrogen-bond donors (Lipinski definition) is 5. The second-order valence-corrected chi connectivity index (χ2v) is 8.95. The summed E-state index contributed by atoms with van der Waals surface area (Å²) in [7, 11) is 0. The number of rotatable bonds is 14. The highest BCUT2D eigenvalue weighted by molar-refractivity contribution is 5.84. The molecule has 1 aromatic carbocycles. The van der Waals surface area contributed by atoms with E-state index in [1.165, 1.54) is 4.90 Å². The lowest BCUT2D eigenvalue weighted by Gasteiger charge is -2.21. The number of carbonyl (C=O) groups excluding carboxylic acids is 2. The maximum atomic E-state index is 12.3. The Labute approximate surface area is 220 Å². The van der Waals surface area contributed by atoms with E-state index < -0.39 is 36.0 Å². The maximum absolute atomic E-state index is 12.3. The summed E-state index contributed by atoms with van der Waals surface area (Å²) in [6.07, 6.45) is 1.85. The quantitative estimate of drug-likeness (QED) is 0.243. The van der Waals surface area contributed by atoms with Crippen LogP contribution in [0.2, 0.25) is 0 Å². The summed E-state index contributed by atoms with van der Waals surface area (Å²) in [5, 5.41) is 26.9. The number of carboxylic acid groups (broad SMARTS) is 2. The number of carbonyl (C=O) groups is 4. The largest absolute Gasteiger partial charge is 0.480 e. The van der Waals surface area contributed by atoms with Crippen LogP contribution in [0.4, 0.5) is 10.6 Å². The van der Waals surface area contributed by atoms with E-state index in [4.69, 9.17) is 4.74 Å². The standard InChI is InChI=1S/C26H33N5O7/c32-23(11-6-9-18-7-2-1-3-8-18)30-21(25(34)35)15-29-24(33)17-38-20-13-19(31(16-20)26(36)37)14-28-22-10-4-5-12-27-22/h1-5,7-8,10,12,19-21H,6,9,11,13-17H2,(H,27,28)(H,29,33)(H,30,32)(H,34,35)(H,36,37). The second kappa shape index (κ2) is 14.5. The number of hydrogen-bond acceptors (Lipinski definition) is 7. The fourth-order valence-electron chi connectivity index (χ4n) is 4.14. The zero-order valence-corrected chi connectivity index (χ0v) is 20.9. The third kappa shape index (κ3) is 9.36. The van der Waals surface area contributed by atoms with E-state index in [2.05, 4.69) is 20.9 Å². The van der Waals surface area contributed by atoms with Gasteiger partial charge in [-0.25, -0.2) is 14.6 Å². The number of aromatic nitrogens is 1. The monoisotopic (exact) mass is 527 g/mol. The fourth-order valence-corrected chi connectivity index (χ4v) is 4.14. The van der Waals surface area contributed by atoms with Gasteiger partial charge >= 0.3 is 12.1 Å². The van der Waals surface area contributed by atoms with Crippen LogP contribution in [0.1, 0.15) is 24.8 Å². The number of aliphatic carboxylic acids is 1. The Morgan fingerprint density at radius 1 is 1.05 bits per heavy atom. The highest BCUT2D eigenvalue weighted by Crippen LogP contribution is 2.21. The molecular weight excluding hydrogens is 494 g/mol. The highest BCUT2D eigenvalue weighted by atomic mass is 16.5. The lowest BCUT2D eigenvalue weighted by atomic mass is 10.1. The van der Waals surface area contributed by atoms with Crippen molar-refractivity contribution in [2.45, 2.75) is 43.9 Å². The van der Waals surface area contributed by atoms with Gasteiger partial charge in [-0.1, -0.05) is 36.4 Å². The van der Waals surface area contributed by atoms with Gasteiger partial charge in [-0.2, -0.15) is 0 Å². The molecule has 12 heteroatoms. The Morgan fingerprint density at radius 3 is 2.50 bits per heavy atom. The number of pyridine rings is 1. The SMILES string of the molecule is O=C(COC1CC(CNc2ccccn2)N(C(=O)O)C1)NCC(NC(=O)CCCc1ccccc1)C(=O)O. The van der Waals surface area contributed by atoms with Gasteiger partial charge in [0, 0.05) is 25.7 Å². The molecule has 0 spiro atoms. The van der Waals surface area contributed by atoms with Gasteiger partial charge in [0.1, 0.15) is 18.5 Å². The Hall–Kier alpha value is -4.19.